The number of likely N-dealkylation sites (tertiary alicyclic amines) is 1. The molecule has 8 nitrogen and oxygen atoms in total. The zero-order chi connectivity index (χ0) is 22.6. The molecule has 32 heavy (non-hydrogen) atoms. The molecular formula is C23H41IN4O4. The van der Waals surface area contributed by atoms with Crippen LogP contribution in [0.1, 0.15) is 30.9 Å². The Kier molecular flexibility index (Phi) is 13.9. The number of nitrogens with zero attached hydrogens (tertiary/aromatic N) is 3. The molecule has 0 bridgehead atoms. The van der Waals surface area contributed by atoms with Crippen LogP contribution in [0.5, 0.6) is 11.5 Å². The van der Waals surface area contributed by atoms with Gasteiger partial charge in [0.2, 0.25) is 0 Å². The van der Waals surface area contributed by atoms with Crippen LogP contribution in [-0.2, 0) is 9.47 Å². The molecule has 1 unspecified atom stereocenters. The van der Waals surface area contributed by atoms with E-state index in [1.165, 1.54) is 0 Å². The Morgan fingerprint density at radius 1 is 1.12 bits per heavy atom. The second-order valence-corrected chi connectivity index (χ2v) is 7.93. The molecule has 0 radical (unpaired) electrons. The molecule has 184 valence electrons. The van der Waals surface area contributed by atoms with Crippen LogP contribution >= 0.6 is 24.0 Å². The molecule has 1 heterocycles. The molecule has 1 N–H and O–H groups in total. The lowest BCUT2D eigenvalue weighted by molar-refractivity contribution is 0.00987. The summed E-state index contributed by atoms with van der Waals surface area (Å²) in [6.07, 6.45) is 3.30. The Morgan fingerprint density at radius 3 is 2.38 bits per heavy atom. The van der Waals surface area contributed by atoms with Crippen LogP contribution in [0.4, 0.5) is 0 Å². The SMILES string of the molecule is CN=C(NCC(c1ccc(OC)c(OC)c1)N(C)C)N1CCC(OCCCOC)CC1.I. The standard InChI is InChI=1S/C23H40N4O4.HI/c1-24-23(27-12-10-19(11-13-27)31-15-7-14-28-4)25-17-20(26(2)3)18-8-9-21(29-5)22(16-18)30-6;/h8-9,16,19-20H,7,10-15,17H2,1-6H3,(H,24,25);1H. The number of likely N-dealkylation sites (N-methyl/N-ethyl adjacent to an activating group) is 1. The number of halogens is 1. The second kappa shape index (κ2) is 15.5. The summed E-state index contributed by atoms with van der Waals surface area (Å²) in [7, 11) is 11.0. The monoisotopic (exact) mass is 564 g/mol. The van der Waals surface area contributed by atoms with Crippen LogP contribution < -0.4 is 14.8 Å². The van der Waals surface area contributed by atoms with Crippen molar-refractivity contribution in [3.63, 3.8) is 0 Å². The molecular weight excluding hydrogens is 523 g/mol. The molecule has 1 atom stereocenters. The number of methoxy groups -OCH3 is 3. The lowest BCUT2D eigenvalue weighted by Gasteiger charge is -2.35. The number of benzene rings is 1. The van der Waals surface area contributed by atoms with Crippen LogP contribution in [-0.4, -0.2) is 97.2 Å². The van der Waals surface area contributed by atoms with Crippen molar-refractivity contribution >= 4 is 29.9 Å². The van der Waals surface area contributed by atoms with Gasteiger partial charge in [0.25, 0.3) is 0 Å². The van der Waals surface area contributed by atoms with Gasteiger partial charge in [-0.25, -0.2) is 0 Å². The third-order valence-electron chi connectivity index (χ3n) is 5.67. The first-order valence-corrected chi connectivity index (χ1v) is 11.0. The number of nitrogens with one attached hydrogen (secondary N) is 1. The topological polar surface area (TPSA) is 67.8 Å². The average molecular weight is 565 g/mol. The van der Waals surface area contributed by atoms with Crippen LogP contribution in [0.2, 0.25) is 0 Å². The van der Waals surface area contributed by atoms with Crippen molar-refractivity contribution in [2.24, 2.45) is 4.99 Å². The van der Waals surface area contributed by atoms with E-state index in [0.29, 0.717) is 6.10 Å². The van der Waals surface area contributed by atoms with Crippen LogP contribution in [0, 0.1) is 0 Å². The molecule has 2 rings (SSSR count). The molecule has 0 saturated carbocycles. The smallest absolute Gasteiger partial charge is 0.193 e. The van der Waals surface area contributed by atoms with Gasteiger partial charge in [-0.1, -0.05) is 6.07 Å². The summed E-state index contributed by atoms with van der Waals surface area (Å²) in [5.41, 5.74) is 1.16. The Hall–Kier alpha value is -1.30. The molecule has 0 aliphatic carbocycles. The minimum absolute atomic E-state index is 0. The quantitative estimate of drug-likeness (QED) is 0.192. The van der Waals surface area contributed by atoms with Gasteiger partial charge in [-0.05, 0) is 51.1 Å². The lowest BCUT2D eigenvalue weighted by Crippen LogP contribution is -2.48. The van der Waals surface area contributed by atoms with E-state index >= 15 is 0 Å². The Bertz CT molecular complexity index is 682. The average Bonchev–Trinajstić information content (AvgIpc) is 2.79. The van der Waals surface area contributed by atoms with Gasteiger partial charge in [0, 0.05) is 47.0 Å². The number of guanidine groups is 1. The third kappa shape index (κ3) is 8.57. The van der Waals surface area contributed by atoms with Gasteiger partial charge < -0.3 is 34.1 Å². The van der Waals surface area contributed by atoms with Crippen molar-refractivity contribution in [2.45, 2.75) is 31.4 Å². The van der Waals surface area contributed by atoms with Crippen molar-refractivity contribution in [1.82, 2.24) is 15.1 Å². The molecule has 0 amide bonds. The normalized spacial score (nSPS) is 16.0. The fraction of sp³-hybridized carbons (Fsp3) is 0.696. The van der Waals surface area contributed by atoms with Crippen LogP contribution in [0.25, 0.3) is 0 Å². The van der Waals surface area contributed by atoms with E-state index in [4.69, 9.17) is 18.9 Å². The molecule has 0 aromatic heterocycles. The first kappa shape index (κ1) is 28.7. The van der Waals surface area contributed by atoms with Gasteiger partial charge >= 0.3 is 0 Å². The molecule has 1 aromatic rings. The highest BCUT2D eigenvalue weighted by Gasteiger charge is 2.23. The van der Waals surface area contributed by atoms with Gasteiger partial charge in [0.1, 0.15) is 0 Å². The van der Waals surface area contributed by atoms with E-state index in [0.717, 1.165) is 75.1 Å². The van der Waals surface area contributed by atoms with E-state index in [2.05, 4.69) is 40.3 Å². The number of hydrogen-bond donors (Lipinski definition) is 1. The second-order valence-electron chi connectivity index (χ2n) is 7.93. The lowest BCUT2D eigenvalue weighted by atomic mass is 10.0. The number of hydrogen-bond acceptors (Lipinski definition) is 6. The molecule has 1 aromatic carbocycles. The molecule has 1 fully saturated rings. The zero-order valence-corrected chi connectivity index (χ0v) is 22.8. The highest BCUT2D eigenvalue weighted by Crippen LogP contribution is 2.31. The maximum Gasteiger partial charge on any atom is 0.193 e. The minimum atomic E-state index is 0. The summed E-state index contributed by atoms with van der Waals surface area (Å²) >= 11 is 0. The summed E-state index contributed by atoms with van der Waals surface area (Å²) in [4.78, 5) is 9.03. The molecule has 1 aliphatic rings. The zero-order valence-electron chi connectivity index (χ0n) is 20.4. The van der Waals surface area contributed by atoms with E-state index in [1.54, 1.807) is 21.3 Å². The van der Waals surface area contributed by atoms with Gasteiger partial charge in [-0.15, -0.1) is 24.0 Å². The van der Waals surface area contributed by atoms with Crippen LogP contribution in [0.3, 0.4) is 0 Å². The number of rotatable bonds is 11. The highest BCUT2D eigenvalue weighted by molar-refractivity contribution is 14.0. The molecule has 9 heteroatoms. The summed E-state index contributed by atoms with van der Waals surface area (Å²) in [6, 6.07) is 6.25. The van der Waals surface area contributed by atoms with Crippen molar-refractivity contribution < 1.29 is 18.9 Å². The molecule has 0 spiro atoms. The van der Waals surface area contributed by atoms with E-state index in [1.807, 2.05) is 19.2 Å². The Balaban J connectivity index is 0.00000512. The van der Waals surface area contributed by atoms with Crippen molar-refractivity contribution in [1.29, 1.82) is 0 Å². The molecule has 1 aliphatic heterocycles. The first-order chi connectivity index (χ1) is 15.0. The fourth-order valence-electron chi connectivity index (χ4n) is 3.87. The first-order valence-electron chi connectivity index (χ1n) is 11.0. The maximum absolute atomic E-state index is 5.98. The van der Waals surface area contributed by atoms with Gasteiger partial charge in [0.15, 0.2) is 17.5 Å². The van der Waals surface area contributed by atoms with E-state index < -0.39 is 0 Å². The van der Waals surface area contributed by atoms with Crippen molar-refractivity contribution in [3.05, 3.63) is 23.8 Å². The predicted octanol–water partition coefficient (Wildman–Crippen LogP) is 3.02. The largest absolute Gasteiger partial charge is 0.493 e. The van der Waals surface area contributed by atoms with Gasteiger partial charge in [0.05, 0.1) is 26.4 Å². The third-order valence-corrected chi connectivity index (χ3v) is 5.67. The van der Waals surface area contributed by atoms with Crippen molar-refractivity contribution in [3.8, 4) is 11.5 Å². The predicted molar refractivity (Wildman–Crippen MR) is 140 cm³/mol. The summed E-state index contributed by atoms with van der Waals surface area (Å²) in [6.45, 7) is 4.14. The fourth-order valence-corrected chi connectivity index (χ4v) is 3.87. The number of aliphatic imine (C=N–C) groups is 1. The Morgan fingerprint density at radius 2 is 1.81 bits per heavy atom. The molecule has 1 saturated heterocycles. The summed E-state index contributed by atoms with van der Waals surface area (Å²) in [5, 5.41) is 3.56. The van der Waals surface area contributed by atoms with E-state index in [-0.39, 0.29) is 30.0 Å². The minimum Gasteiger partial charge on any atom is -0.493 e. The number of piperidine rings is 1. The van der Waals surface area contributed by atoms with Gasteiger partial charge in [-0.3, -0.25) is 4.99 Å². The summed E-state index contributed by atoms with van der Waals surface area (Å²) < 4.78 is 21.9. The Labute approximate surface area is 210 Å². The maximum atomic E-state index is 5.98. The van der Waals surface area contributed by atoms with Crippen LogP contribution in [0.15, 0.2) is 23.2 Å². The number of ether oxygens (including phenoxy) is 4. The van der Waals surface area contributed by atoms with Crippen molar-refractivity contribution in [2.75, 3.05) is 75.3 Å². The van der Waals surface area contributed by atoms with E-state index in [9.17, 15) is 0 Å². The summed E-state index contributed by atoms with van der Waals surface area (Å²) in [5.74, 6) is 2.41. The van der Waals surface area contributed by atoms with Gasteiger partial charge in [-0.2, -0.15) is 0 Å². The highest BCUT2D eigenvalue weighted by atomic mass is 127.